The first-order valence-electron chi connectivity index (χ1n) is 3.48. The van der Waals surface area contributed by atoms with Crippen LogP contribution < -0.4 is 5.10 Å². The van der Waals surface area contributed by atoms with E-state index in [0.717, 1.165) is 12.7 Å². The Bertz CT molecular complexity index is 423. The van der Waals surface area contributed by atoms with Crippen molar-refractivity contribution in [2.45, 2.75) is 6.92 Å². The summed E-state index contributed by atoms with van der Waals surface area (Å²) in [7, 11) is -3.60. The van der Waals surface area contributed by atoms with E-state index in [1.807, 2.05) is 6.92 Å². The van der Waals surface area contributed by atoms with Gasteiger partial charge in [0, 0.05) is 10.7 Å². The lowest BCUT2D eigenvalue weighted by Gasteiger charge is -1.98. The van der Waals surface area contributed by atoms with Crippen LogP contribution in [0.4, 0.5) is 0 Å². The smallest absolute Gasteiger partial charge is 0.301 e. The van der Waals surface area contributed by atoms with Crippen molar-refractivity contribution in [3.8, 4) is 0 Å². The molecular weight excluding hydrogens is 267 g/mol. The van der Waals surface area contributed by atoms with E-state index in [2.05, 4.69) is 14.4 Å². The Morgan fingerprint density at radius 3 is 2.27 bits per heavy atom. The van der Waals surface area contributed by atoms with E-state index in [9.17, 15) is 13.0 Å². The molecule has 1 rings (SSSR count). The monoisotopic (exact) mass is 274 g/mol. The minimum absolute atomic E-state index is 0.428. The number of hydrogen-bond acceptors (Lipinski definition) is 5. The average Bonchev–Trinajstić information content (AvgIpc) is 2.12. The molecule has 0 aromatic carbocycles. The molecule has 0 atom stereocenters. The van der Waals surface area contributed by atoms with Gasteiger partial charge in [-0.1, -0.05) is 16.7 Å². The Kier molecular flexibility index (Phi) is 5.99. The molecule has 1 aromatic heterocycles. The van der Waals surface area contributed by atoms with Crippen molar-refractivity contribution >= 4 is 33.6 Å². The molecule has 0 radical (unpaired) electrons. The van der Waals surface area contributed by atoms with Gasteiger partial charge in [0.05, 0.1) is 7.11 Å². The van der Waals surface area contributed by atoms with Crippen molar-refractivity contribution in [1.29, 1.82) is 0 Å². The van der Waals surface area contributed by atoms with E-state index >= 15 is 0 Å². The Labute approximate surface area is 97.1 Å². The van der Waals surface area contributed by atoms with E-state index in [4.69, 9.17) is 23.2 Å². The second kappa shape index (κ2) is 6.19. The van der Waals surface area contributed by atoms with Gasteiger partial charge in [0.1, 0.15) is 0 Å². The number of nitrogens with zero attached hydrogens (tertiary/aromatic N) is 1. The van der Waals surface area contributed by atoms with Crippen LogP contribution >= 0.6 is 23.2 Å². The molecule has 0 aliphatic carbocycles. The molecule has 0 saturated carbocycles. The molecule has 9 heteroatoms. The van der Waals surface area contributed by atoms with E-state index in [1.54, 1.807) is 6.07 Å². The van der Waals surface area contributed by atoms with Gasteiger partial charge in [0.25, 0.3) is 0 Å². The maximum atomic E-state index is 9.22. The number of H-pyrrole nitrogens is 1. The highest BCUT2D eigenvalue weighted by Crippen LogP contribution is 2.09. The van der Waals surface area contributed by atoms with Crippen LogP contribution in [0.5, 0.6) is 0 Å². The summed E-state index contributed by atoms with van der Waals surface area (Å²) in [6.07, 6.45) is 0. The van der Waals surface area contributed by atoms with Crippen LogP contribution in [0.2, 0.25) is 10.3 Å². The van der Waals surface area contributed by atoms with Gasteiger partial charge < -0.3 is 4.55 Å². The number of nitrogens with one attached hydrogen (secondary N) is 1. The van der Waals surface area contributed by atoms with Gasteiger partial charge in [-0.15, -0.1) is 0 Å². The van der Waals surface area contributed by atoms with E-state index in [0.29, 0.717) is 10.3 Å². The number of aromatic amines is 1. The molecule has 0 spiro atoms. The number of aryl methyl sites for hydroxylation is 1. The highest BCUT2D eigenvalue weighted by molar-refractivity contribution is 7.80. The predicted octanol–water partition coefficient (Wildman–Crippen LogP) is 0.604. The fourth-order valence-electron chi connectivity index (χ4n) is 0.465. The van der Waals surface area contributed by atoms with Gasteiger partial charge in [-0.3, -0.25) is 4.18 Å². The van der Waals surface area contributed by atoms with E-state index in [-0.39, 0.29) is 0 Å². The van der Waals surface area contributed by atoms with Gasteiger partial charge in [0.15, 0.2) is 5.15 Å². The van der Waals surface area contributed by atoms with Crippen molar-refractivity contribution in [3.63, 3.8) is 0 Å². The molecule has 0 aliphatic heterocycles. The number of halogens is 2. The van der Waals surface area contributed by atoms with Crippen LogP contribution in [0.3, 0.4) is 0 Å². The van der Waals surface area contributed by atoms with Crippen molar-refractivity contribution in [2.75, 3.05) is 7.11 Å². The first-order chi connectivity index (χ1) is 6.76. The molecule has 0 saturated heterocycles. The molecule has 1 N–H and O–H groups in total. The van der Waals surface area contributed by atoms with Crippen LogP contribution in [0.15, 0.2) is 6.07 Å². The van der Waals surface area contributed by atoms with Crippen molar-refractivity contribution in [3.05, 3.63) is 21.9 Å². The maximum Gasteiger partial charge on any atom is 0.301 e. The van der Waals surface area contributed by atoms with E-state index in [1.165, 1.54) is 0 Å². The maximum absolute atomic E-state index is 9.22. The van der Waals surface area contributed by atoms with Gasteiger partial charge >= 0.3 is 5.15 Å². The molecule has 0 aliphatic rings. The summed E-state index contributed by atoms with van der Waals surface area (Å²) in [5.41, 5.74) is 0.900. The van der Waals surface area contributed by atoms with Crippen molar-refractivity contribution < 1.29 is 22.3 Å². The van der Waals surface area contributed by atoms with Crippen LogP contribution in [-0.4, -0.2) is 25.2 Å². The number of aromatic nitrogens is 2. The van der Waals surface area contributed by atoms with Gasteiger partial charge in [-0.2, -0.15) is 0 Å². The molecule has 6 nitrogen and oxygen atoms in total. The van der Waals surface area contributed by atoms with Crippen molar-refractivity contribution in [2.24, 2.45) is 0 Å². The molecule has 0 amide bonds. The zero-order chi connectivity index (χ0) is 12.1. The molecule has 0 fully saturated rings. The third kappa shape index (κ3) is 7.46. The van der Waals surface area contributed by atoms with Crippen LogP contribution in [0.1, 0.15) is 5.56 Å². The molecule has 0 unspecified atom stereocenters. The molecule has 1 aromatic rings. The first kappa shape index (κ1) is 14.5. The largest absolute Gasteiger partial charge is 0.726 e. The second-order valence-corrected chi connectivity index (χ2v) is 4.18. The predicted molar refractivity (Wildman–Crippen MR) is 52.3 cm³/mol. The zero-order valence-corrected chi connectivity index (χ0v) is 10.2. The third-order valence-corrected chi connectivity index (χ3v) is 2.13. The highest BCUT2D eigenvalue weighted by atomic mass is 35.5. The SMILES string of the molecule is COS(=O)(=O)[O-].Cc1cc(Cl)n[nH+]c1Cl. The first-order valence-corrected chi connectivity index (χ1v) is 5.57. The van der Waals surface area contributed by atoms with Crippen LogP contribution in [0.25, 0.3) is 0 Å². The normalized spacial score (nSPS) is 10.5. The second-order valence-electron chi connectivity index (χ2n) is 2.26. The Morgan fingerprint density at radius 2 is 2.00 bits per heavy atom. The minimum Gasteiger partial charge on any atom is -0.726 e. The Balaban J connectivity index is 0.000000288. The summed E-state index contributed by atoms with van der Waals surface area (Å²) in [5, 5.41) is 7.15. The number of rotatable bonds is 1. The Morgan fingerprint density at radius 1 is 1.53 bits per heavy atom. The summed E-state index contributed by atoms with van der Waals surface area (Å²) >= 11 is 11.1. The molecule has 0 bridgehead atoms. The average molecular weight is 275 g/mol. The van der Waals surface area contributed by atoms with Crippen LogP contribution in [0, 0.1) is 6.92 Å². The lowest BCUT2D eigenvalue weighted by atomic mass is 10.4. The zero-order valence-electron chi connectivity index (χ0n) is 7.82. The van der Waals surface area contributed by atoms with Gasteiger partial charge in [-0.05, 0) is 24.6 Å². The quantitative estimate of drug-likeness (QED) is 0.552. The fraction of sp³-hybridized carbons (Fsp3) is 0.333. The molecule has 15 heavy (non-hydrogen) atoms. The fourth-order valence-corrected chi connectivity index (χ4v) is 0.768. The standard InChI is InChI=1S/C5H4Cl2N2.CH4O4S/c1-3-2-4(6)8-9-5(3)7;1-5-6(2,3)4/h2H,1H3;1H3,(H,2,3,4). The van der Waals surface area contributed by atoms with Gasteiger partial charge in [-0.25, -0.2) is 8.42 Å². The molecular formula is C6H8Cl2N2O4S. The summed E-state index contributed by atoms with van der Waals surface area (Å²) in [5.74, 6) is 0. The van der Waals surface area contributed by atoms with Gasteiger partial charge in [0.2, 0.25) is 10.4 Å². The lowest BCUT2D eigenvalue weighted by Crippen LogP contribution is -2.10. The highest BCUT2D eigenvalue weighted by Gasteiger charge is 2.03. The molecule has 86 valence electrons. The summed E-state index contributed by atoms with van der Waals surface area (Å²) in [6, 6.07) is 1.69. The van der Waals surface area contributed by atoms with Crippen LogP contribution in [-0.2, 0) is 14.6 Å². The Hall–Kier alpha value is -0.470. The van der Waals surface area contributed by atoms with E-state index < -0.39 is 10.4 Å². The molecule has 1 heterocycles. The lowest BCUT2D eigenvalue weighted by molar-refractivity contribution is -0.453. The van der Waals surface area contributed by atoms with Crippen molar-refractivity contribution in [1.82, 2.24) is 5.10 Å². The topological polar surface area (TPSA) is 93.5 Å². The minimum atomic E-state index is -4.41. The number of hydrogen-bond donors (Lipinski definition) is 0. The summed E-state index contributed by atoms with van der Waals surface area (Å²) < 4.78 is 31.0. The summed E-state index contributed by atoms with van der Waals surface area (Å²) in [6.45, 7) is 1.85. The third-order valence-electron chi connectivity index (χ3n) is 1.15. The summed E-state index contributed by atoms with van der Waals surface area (Å²) in [4.78, 5) is 0.